The minimum Gasteiger partial charge on any atom is -0.493 e. The summed E-state index contributed by atoms with van der Waals surface area (Å²) < 4.78 is 5.63. The maximum atomic E-state index is 8.59. The first-order valence-corrected chi connectivity index (χ1v) is 7.26. The molecule has 1 heterocycles. The van der Waals surface area contributed by atoms with Crippen molar-refractivity contribution in [3.05, 3.63) is 47.8 Å². The number of ether oxygens (including phenoxy) is 1. The van der Waals surface area contributed by atoms with Crippen LogP contribution < -0.4 is 4.74 Å². The standard InChI is InChI=1S/C15H15N3OS/c1-12-10-17-15(18-11-12)20-9-8-19-14-4-2-13(3-5-14)6-7-16/h2-5,10-11H,6,8-9H2,1H3. The quantitative estimate of drug-likeness (QED) is 0.464. The monoisotopic (exact) mass is 285 g/mol. The summed E-state index contributed by atoms with van der Waals surface area (Å²) in [7, 11) is 0. The van der Waals surface area contributed by atoms with Gasteiger partial charge in [-0.2, -0.15) is 5.26 Å². The largest absolute Gasteiger partial charge is 0.493 e. The number of hydrogen-bond donors (Lipinski definition) is 0. The van der Waals surface area contributed by atoms with Crippen molar-refractivity contribution >= 4 is 11.8 Å². The highest BCUT2D eigenvalue weighted by Gasteiger charge is 1.99. The van der Waals surface area contributed by atoms with Gasteiger partial charge in [-0.25, -0.2) is 9.97 Å². The summed E-state index contributed by atoms with van der Waals surface area (Å²) in [6.45, 7) is 2.56. The van der Waals surface area contributed by atoms with Crippen molar-refractivity contribution in [2.75, 3.05) is 12.4 Å². The molecule has 1 aromatic carbocycles. The van der Waals surface area contributed by atoms with E-state index in [9.17, 15) is 0 Å². The lowest BCUT2D eigenvalue weighted by Gasteiger charge is -2.06. The molecule has 0 radical (unpaired) electrons. The van der Waals surface area contributed by atoms with Gasteiger partial charge in [-0.3, -0.25) is 0 Å². The third-order valence-electron chi connectivity index (χ3n) is 2.55. The summed E-state index contributed by atoms with van der Waals surface area (Å²) in [6.07, 6.45) is 4.05. The van der Waals surface area contributed by atoms with Gasteiger partial charge in [0.05, 0.1) is 19.1 Å². The predicted octanol–water partition coefficient (Wildman–Crippen LogP) is 3.02. The second kappa shape index (κ2) is 7.51. The maximum Gasteiger partial charge on any atom is 0.187 e. The first-order chi connectivity index (χ1) is 9.78. The molecule has 0 aliphatic heterocycles. The van der Waals surface area contributed by atoms with E-state index in [-0.39, 0.29) is 0 Å². The van der Waals surface area contributed by atoms with E-state index in [1.54, 1.807) is 11.8 Å². The number of thioether (sulfide) groups is 1. The number of aromatic nitrogens is 2. The minimum atomic E-state index is 0.431. The fourth-order valence-corrected chi connectivity index (χ4v) is 2.15. The molecule has 102 valence electrons. The Morgan fingerprint density at radius 3 is 2.55 bits per heavy atom. The van der Waals surface area contributed by atoms with E-state index in [0.717, 1.165) is 27.8 Å². The van der Waals surface area contributed by atoms with Gasteiger partial charge in [-0.05, 0) is 30.2 Å². The van der Waals surface area contributed by atoms with Crippen LogP contribution >= 0.6 is 11.8 Å². The molecule has 20 heavy (non-hydrogen) atoms. The molecule has 2 aromatic rings. The predicted molar refractivity (Wildman–Crippen MR) is 78.7 cm³/mol. The Morgan fingerprint density at radius 1 is 1.20 bits per heavy atom. The van der Waals surface area contributed by atoms with Gasteiger partial charge < -0.3 is 4.74 Å². The van der Waals surface area contributed by atoms with E-state index in [1.807, 2.05) is 43.6 Å². The second-order valence-corrected chi connectivity index (χ2v) is 5.28. The Morgan fingerprint density at radius 2 is 1.90 bits per heavy atom. The van der Waals surface area contributed by atoms with Crippen molar-refractivity contribution < 1.29 is 4.74 Å². The van der Waals surface area contributed by atoms with Crippen molar-refractivity contribution in [3.63, 3.8) is 0 Å². The summed E-state index contributed by atoms with van der Waals surface area (Å²) in [5, 5.41) is 9.36. The van der Waals surface area contributed by atoms with E-state index in [2.05, 4.69) is 16.0 Å². The summed E-state index contributed by atoms with van der Waals surface area (Å²) in [5.74, 6) is 1.61. The van der Waals surface area contributed by atoms with Crippen LogP contribution in [0.25, 0.3) is 0 Å². The zero-order chi connectivity index (χ0) is 14.2. The fourth-order valence-electron chi connectivity index (χ4n) is 1.54. The highest BCUT2D eigenvalue weighted by atomic mass is 32.2. The van der Waals surface area contributed by atoms with Crippen molar-refractivity contribution in [1.82, 2.24) is 9.97 Å². The van der Waals surface area contributed by atoms with Gasteiger partial charge in [0.1, 0.15) is 5.75 Å². The van der Waals surface area contributed by atoms with Crippen LogP contribution in [0.4, 0.5) is 0 Å². The summed E-state index contributed by atoms with van der Waals surface area (Å²) in [4.78, 5) is 8.44. The second-order valence-electron chi connectivity index (χ2n) is 4.22. The topological polar surface area (TPSA) is 58.8 Å². The van der Waals surface area contributed by atoms with Gasteiger partial charge in [0.15, 0.2) is 5.16 Å². The SMILES string of the molecule is Cc1cnc(SCCOc2ccc(CC#N)cc2)nc1. The normalized spacial score (nSPS) is 10.0. The molecule has 0 amide bonds. The number of nitrogens with zero attached hydrogens (tertiary/aromatic N) is 3. The van der Waals surface area contributed by atoms with Crippen LogP contribution in [-0.4, -0.2) is 22.3 Å². The molecule has 1 aromatic heterocycles. The molecule has 5 heteroatoms. The lowest BCUT2D eigenvalue weighted by atomic mass is 10.2. The Bertz CT molecular complexity index is 576. The van der Waals surface area contributed by atoms with Gasteiger partial charge in [0, 0.05) is 18.1 Å². The number of aryl methyl sites for hydroxylation is 1. The van der Waals surface area contributed by atoms with Crippen LogP contribution in [0.5, 0.6) is 5.75 Å². The van der Waals surface area contributed by atoms with Crippen LogP contribution in [0.15, 0.2) is 41.8 Å². The van der Waals surface area contributed by atoms with Crippen molar-refractivity contribution in [3.8, 4) is 11.8 Å². The molecule has 0 spiro atoms. The highest BCUT2D eigenvalue weighted by molar-refractivity contribution is 7.99. The third kappa shape index (κ3) is 4.56. The van der Waals surface area contributed by atoms with E-state index in [1.165, 1.54) is 0 Å². The molecule has 0 saturated carbocycles. The molecule has 0 fully saturated rings. The molecule has 0 atom stereocenters. The van der Waals surface area contributed by atoms with Crippen molar-refractivity contribution in [1.29, 1.82) is 5.26 Å². The average Bonchev–Trinajstić information content (AvgIpc) is 2.47. The van der Waals surface area contributed by atoms with E-state index in [4.69, 9.17) is 10.00 Å². The molecular formula is C15H15N3OS. The van der Waals surface area contributed by atoms with Gasteiger partial charge in [0.2, 0.25) is 0 Å². The fraction of sp³-hybridized carbons (Fsp3) is 0.267. The van der Waals surface area contributed by atoms with Crippen LogP contribution in [0.3, 0.4) is 0 Å². The Kier molecular flexibility index (Phi) is 5.39. The zero-order valence-electron chi connectivity index (χ0n) is 11.2. The molecule has 0 aliphatic rings. The van der Waals surface area contributed by atoms with Crippen molar-refractivity contribution in [2.45, 2.75) is 18.5 Å². The Hall–Kier alpha value is -2.06. The Balaban J connectivity index is 1.73. The average molecular weight is 285 g/mol. The van der Waals surface area contributed by atoms with Gasteiger partial charge in [-0.1, -0.05) is 23.9 Å². The van der Waals surface area contributed by atoms with E-state index < -0.39 is 0 Å². The molecule has 4 nitrogen and oxygen atoms in total. The maximum absolute atomic E-state index is 8.59. The molecule has 0 aliphatic carbocycles. The summed E-state index contributed by atoms with van der Waals surface area (Å²) >= 11 is 1.57. The number of nitriles is 1. The number of benzene rings is 1. The van der Waals surface area contributed by atoms with E-state index >= 15 is 0 Å². The molecular weight excluding hydrogens is 270 g/mol. The van der Waals surface area contributed by atoms with Crippen LogP contribution in [0.2, 0.25) is 0 Å². The molecule has 0 saturated heterocycles. The molecule has 0 N–H and O–H groups in total. The lowest BCUT2D eigenvalue weighted by molar-refractivity contribution is 0.344. The van der Waals surface area contributed by atoms with Gasteiger partial charge in [-0.15, -0.1) is 0 Å². The Labute approximate surface area is 122 Å². The first kappa shape index (κ1) is 14.4. The van der Waals surface area contributed by atoms with E-state index in [0.29, 0.717) is 13.0 Å². The zero-order valence-corrected chi connectivity index (χ0v) is 12.1. The van der Waals surface area contributed by atoms with Crippen LogP contribution in [0, 0.1) is 18.3 Å². The number of hydrogen-bond acceptors (Lipinski definition) is 5. The molecule has 0 unspecified atom stereocenters. The van der Waals surface area contributed by atoms with Crippen molar-refractivity contribution in [2.24, 2.45) is 0 Å². The van der Waals surface area contributed by atoms with Gasteiger partial charge in [0.25, 0.3) is 0 Å². The lowest BCUT2D eigenvalue weighted by Crippen LogP contribution is -2.01. The first-order valence-electron chi connectivity index (χ1n) is 6.28. The molecule has 2 rings (SSSR count). The number of rotatable bonds is 6. The summed E-state index contributed by atoms with van der Waals surface area (Å²) in [5.41, 5.74) is 2.06. The highest BCUT2D eigenvalue weighted by Crippen LogP contribution is 2.15. The van der Waals surface area contributed by atoms with Gasteiger partial charge >= 0.3 is 0 Å². The smallest absolute Gasteiger partial charge is 0.187 e. The van der Waals surface area contributed by atoms with Crippen LogP contribution in [-0.2, 0) is 6.42 Å². The molecule has 0 bridgehead atoms. The van der Waals surface area contributed by atoms with Crippen LogP contribution in [0.1, 0.15) is 11.1 Å². The summed E-state index contributed by atoms with van der Waals surface area (Å²) in [6, 6.07) is 9.72. The minimum absolute atomic E-state index is 0.431. The third-order valence-corrected chi connectivity index (χ3v) is 3.39.